The minimum Gasteiger partial charge on any atom is -0.493 e. The van der Waals surface area contributed by atoms with Gasteiger partial charge in [0.1, 0.15) is 0 Å². The number of hydrogen-bond acceptors (Lipinski definition) is 5. The molecule has 1 spiro atoms. The van der Waals surface area contributed by atoms with Crippen LogP contribution in [0.25, 0.3) is 0 Å². The first-order chi connectivity index (χ1) is 16.7. The molecule has 0 saturated carbocycles. The Labute approximate surface area is 205 Å². The molecule has 0 radical (unpaired) electrons. The van der Waals surface area contributed by atoms with Gasteiger partial charge in [0, 0.05) is 55.0 Å². The number of hydrogen-bond donors (Lipinski definition) is 0. The number of likely N-dealkylation sites (tertiary alicyclic amines) is 1. The van der Waals surface area contributed by atoms with Gasteiger partial charge in [-0.05, 0) is 17.7 Å². The van der Waals surface area contributed by atoms with E-state index in [1.165, 1.54) is 5.56 Å². The van der Waals surface area contributed by atoms with Crippen molar-refractivity contribution in [1.29, 1.82) is 0 Å². The summed E-state index contributed by atoms with van der Waals surface area (Å²) in [5.74, 6) is 1.65. The maximum Gasteiger partial charge on any atom is 0.200 e. The predicted molar refractivity (Wildman–Crippen MR) is 134 cm³/mol. The van der Waals surface area contributed by atoms with Crippen LogP contribution < -0.4 is 9.47 Å². The molecule has 3 aliphatic rings. The van der Waals surface area contributed by atoms with Crippen LogP contribution in [0, 0.1) is 0 Å². The molecule has 3 aromatic rings. The van der Waals surface area contributed by atoms with Crippen LogP contribution in [0.5, 0.6) is 11.5 Å². The number of halogens is 1. The highest BCUT2D eigenvalue weighted by atomic mass is 35.5. The molecule has 1 saturated heterocycles. The van der Waals surface area contributed by atoms with Gasteiger partial charge in [-0.25, -0.2) is 5.01 Å². The molecule has 6 heteroatoms. The van der Waals surface area contributed by atoms with E-state index < -0.39 is 5.72 Å². The van der Waals surface area contributed by atoms with Crippen LogP contribution in [0.2, 0.25) is 5.02 Å². The number of para-hydroxylation sites is 1. The summed E-state index contributed by atoms with van der Waals surface area (Å²) in [5.41, 5.74) is 3.99. The lowest BCUT2D eigenvalue weighted by molar-refractivity contribution is -0.151. The van der Waals surface area contributed by atoms with E-state index in [-0.39, 0.29) is 6.04 Å². The average Bonchev–Trinajstić information content (AvgIpc) is 3.33. The van der Waals surface area contributed by atoms with Crippen LogP contribution in [0.3, 0.4) is 0 Å². The van der Waals surface area contributed by atoms with Crippen molar-refractivity contribution in [2.24, 2.45) is 5.10 Å². The molecule has 34 heavy (non-hydrogen) atoms. The molecule has 3 heterocycles. The third kappa shape index (κ3) is 3.64. The van der Waals surface area contributed by atoms with E-state index in [4.69, 9.17) is 26.2 Å². The SMILES string of the molecule is COc1cccc2c1OC1(CCN(Cc3ccccc3)CC1)N1N=C(c3ccccc3Cl)C[C@H]21. The van der Waals surface area contributed by atoms with Crippen LogP contribution in [0.4, 0.5) is 0 Å². The van der Waals surface area contributed by atoms with Crippen molar-refractivity contribution in [3.05, 3.63) is 94.5 Å². The largest absolute Gasteiger partial charge is 0.493 e. The van der Waals surface area contributed by atoms with Crippen LogP contribution in [0.1, 0.15) is 42.0 Å². The van der Waals surface area contributed by atoms with E-state index in [1.807, 2.05) is 30.3 Å². The molecule has 0 N–H and O–H groups in total. The standard InChI is InChI=1S/C28H28ClN3O2/c1-33-26-13-7-11-22-25-18-24(21-10-5-6-12-23(21)29)30-32(25)28(34-27(22)26)14-16-31(17-15-28)19-20-8-3-2-4-9-20/h2-13,25H,14-19H2,1H3/t25-/m1/s1. The van der Waals surface area contributed by atoms with Crippen molar-refractivity contribution in [1.82, 2.24) is 9.91 Å². The lowest BCUT2D eigenvalue weighted by Crippen LogP contribution is -2.59. The Morgan fingerprint density at radius 2 is 1.76 bits per heavy atom. The highest BCUT2D eigenvalue weighted by Gasteiger charge is 2.52. The first-order valence-electron chi connectivity index (χ1n) is 11.9. The van der Waals surface area contributed by atoms with Crippen molar-refractivity contribution in [2.75, 3.05) is 20.2 Å². The number of fused-ring (bicyclic) bond motifs is 4. The van der Waals surface area contributed by atoms with Gasteiger partial charge in [0.2, 0.25) is 5.72 Å². The van der Waals surface area contributed by atoms with Gasteiger partial charge in [0.15, 0.2) is 11.5 Å². The lowest BCUT2D eigenvalue weighted by Gasteiger charge is -2.51. The number of ether oxygens (including phenoxy) is 2. The predicted octanol–water partition coefficient (Wildman–Crippen LogP) is 5.88. The molecule has 3 aliphatic heterocycles. The van der Waals surface area contributed by atoms with Gasteiger partial charge >= 0.3 is 0 Å². The number of nitrogens with zero attached hydrogens (tertiary/aromatic N) is 3. The first kappa shape index (κ1) is 21.5. The Morgan fingerprint density at radius 1 is 1.00 bits per heavy atom. The molecule has 0 amide bonds. The first-order valence-corrected chi connectivity index (χ1v) is 12.3. The second kappa shape index (κ2) is 8.64. The molecule has 0 aromatic heterocycles. The zero-order valence-electron chi connectivity index (χ0n) is 19.3. The van der Waals surface area contributed by atoms with E-state index in [1.54, 1.807) is 7.11 Å². The van der Waals surface area contributed by atoms with Crippen molar-refractivity contribution < 1.29 is 9.47 Å². The lowest BCUT2D eigenvalue weighted by atomic mass is 9.90. The van der Waals surface area contributed by atoms with Crippen molar-refractivity contribution in [3.8, 4) is 11.5 Å². The minimum absolute atomic E-state index is 0.103. The van der Waals surface area contributed by atoms with Gasteiger partial charge in [-0.2, -0.15) is 5.10 Å². The molecule has 0 aliphatic carbocycles. The molecule has 6 rings (SSSR count). The highest BCUT2D eigenvalue weighted by molar-refractivity contribution is 6.34. The summed E-state index contributed by atoms with van der Waals surface area (Å²) in [6.45, 7) is 2.84. The Bertz CT molecular complexity index is 1220. The van der Waals surface area contributed by atoms with Crippen molar-refractivity contribution in [2.45, 2.75) is 37.6 Å². The van der Waals surface area contributed by atoms with E-state index in [0.29, 0.717) is 0 Å². The number of piperidine rings is 1. The smallest absolute Gasteiger partial charge is 0.200 e. The fourth-order valence-electron chi connectivity index (χ4n) is 5.52. The topological polar surface area (TPSA) is 37.3 Å². The van der Waals surface area contributed by atoms with Gasteiger partial charge in [-0.15, -0.1) is 0 Å². The van der Waals surface area contributed by atoms with Crippen LogP contribution in [-0.4, -0.2) is 41.5 Å². The summed E-state index contributed by atoms with van der Waals surface area (Å²) in [6.07, 6.45) is 2.53. The van der Waals surface area contributed by atoms with Crippen molar-refractivity contribution >= 4 is 17.3 Å². The van der Waals surface area contributed by atoms with Gasteiger partial charge in [0.05, 0.1) is 18.9 Å². The summed E-state index contributed by atoms with van der Waals surface area (Å²) in [7, 11) is 1.71. The summed E-state index contributed by atoms with van der Waals surface area (Å²) in [4.78, 5) is 2.51. The van der Waals surface area contributed by atoms with E-state index in [0.717, 1.165) is 72.3 Å². The molecular weight excluding hydrogens is 446 g/mol. The average molecular weight is 474 g/mol. The summed E-state index contributed by atoms with van der Waals surface area (Å²) in [6, 6.07) is 24.9. The van der Waals surface area contributed by atoms with Gasteiger partial charge < -0.3 is 9.47 Å². The fourth-order valence-corrected chi connectivity index (χ4v) is 5.77. The van der Waals surface area contributed by atoms with E-state index in [2.05, 4.69) is 52.4 Å². The Kier molecular flexibility index (Phi) is 5.47. The molecule has 5 nitrogen and oxygen atoms in total. The molecule has 0 bridgehead atoms. The van der Waals surface area contributed by atoms with Gasteiger partial charge in [-0.3, -0.25) is 4.90 Å². The van der Waals surface area contributed by atoms with Crippen LogP contribution in [-0.2, 0) is 6.54 Å². The zero-order chi connectivity index (χ0) is 23.1. The van der Waals surface area contributed by atoms with Crippen molar-refractivity contribution in [3.63, 3.8) is 0 Å². The third-order valence-electron chi connectivity index (χ3n) is 7.28. The Hall–Kier alpha value is -3.02. The maximum atomic E-state index is 6.84. The summed E-state index contributed by atoms with van der Waals surface area (Å²) < 4.78 is 12.6. The second-order valence-electron chi connectivity index (χ2n) is 9.28. The highest BCUT2D eigenvalue weighted by Crippen LogP contribution is 2.53. The summed E-state index contributed by atoms with van der Waals surface area (Å²) in [5, 5.41) is 8.13. The molecule has 1 fully saturated rings. The zero-order valence-corrected chi connectivity index (χ0v) is 20.0. The Morgan fingerprint density at radius 3 is 2.53 bits per heavy atom. The molecule has 0 unspecified atom stereocenters. The Balaban J connectivity index is 1.34. The number of hydrazone groups is 1. The molecular formula is C28H28ClN3O2. The molecule has 174 valence electrons. The monoisotopic (exact) mass is 473 g/mol. The minimum atomic E-state index is -0.498. The maximum absolute atomic E-state index is 6.84. The molecule has 3 aromatic carbocycles. The van der Waals surface area contributed by atoms with Gasteiger partial charge in [0.25, 0.3) is 0 Å². The fraction of sp³-hybridized carbons (Fsp3) is 0.321. The van der Waals surface area contributed by atoms with E-state index in [9.17, 15) is 0 Å². The summed E-state index contributed by atoms with van der Waals surface area (Å²) >= 11 is 6.57. The normalized spacial score (nSPS) is 20.9. The van der Waals surface area contributed by atoms with Gasteiger partial charge in [-0.1, -0.05) is 72.3 Å². The number of methoxy groups -OCH3 is 1. The quantitative estimate of drug-likeness (QED) is 0.474. The second-order valence-corrected chi connectivity index (χ2v) is 9.69. The number of rotatable bonds is 4. The number of benzene rings is 3. The van der Waals surface area contributed by atoms with Crippen LogP contribution in [0.15, 0.2) is 77.9 Å². The van der Waals surface area contributed by atoms with E-state index >= 15 is 0 Å². The third-order valence-corrected chi connectivity index (χ3v) is 7.61. The van der Waals surface area contributed by atoms with Crippen LogP contribution >= 0.6 is 11.6 Å². The molecule has 1 atom stereocenters.